The van der Waals surface area contributed by atoms with E-state index in [-0.39, 0.29) is 0 Å². The Labute approximate surface area is 121 Å². The molecule has 0 N–H and O–H groups in total. The summed E-state index contributed by atoms with van der Waals surface area (Å²) in [7, 11) is 0. The number of aromatic nitrogens is 4. The molecule has 0 radical (unpaired) electrons. The van der Waals surface area contributed by atoms with Crippen LogP contribution in [0.2, 0.25) is 5.15 Å². The fraction of sp³-hybridized carbons (Fsp3) is 0.462. The summed E-state index contributed by atoms with van der Waals surface area (Å²) >= 11 is 7.50. The van der Waals surface area contributed by atoms with Crippen LogP contribution in [0.15, 0.2) is 23.5 Å². The average Bonchev–Trinajstić information content (AvgIpc) is 2.66. The van der Waals surface area contributed by atoms with Crippen molar-refractivity contribution in [1.29, 1.82) is 0 Å². The van der Waals surface area contributed by atoms with Crippen LogP contribution >= 0.6 is 23.4 Å². The van der Waals surface area contributed by atoms with Gasteiger partial charge in [-0.2, -0.15) is 0 Å². The second-order valence-electron chi connectivity index (χ2n) is 4.64. The average molecular weight is 295 g/mol. The van der Waals surface area contributed by atoms with Crippen molar-refractivity contribution in [2.75, 3.05) is 0 Å². The van der Waals surface area contributed by atoms with Crippen molar-refractivity contribution in [3.8, 4) is 0 Å². The van der Waals surface area contributed by atoms with Crippen molar-refractivity contribution in [3.63, 3.8) is 0 Å². The Morgan fingerprint density at radius 3 is 3.00 bits per heavy atom. The topological polar surface area (TPSA) is 43.6 Å². The summed E-state index contributed by atoms with van der Waals surface area (Å²) in [5, 5.41) is 10.2. The highest BCUT2D eigenvalue weighted by atomic mass is 35.5. The van der Waals surface area contributed by atoms with Gasteiger partial charge >= 0.3 is 0 Å². The van der Waals surface area contributed by atoms with Gasteiger partial charge in [-0.05, 0) is 24.5 Å². The summed E-state index contributed by atoms with van der Waals surface area (Å²) in [6.07, 6.45) is 6.60. The zero-order valence-corrected chi connectivity index (χ0v) is 12.1. The predicted molar refractivity (Wildman–Crippen MR) is 76.4 cm³/mol. The number of pyridine rings is 1. The first-order chi connectivity index (χ1) is 9.33. The van der Waals surface area contributed by atoms with E-state index in [9.17, 15) is 0 Å². The molecule has 2 aromatic heterocycles. The second-order valence-corrected chi connectivity index (χ2v) is 5.97. The van der Waals surface area contributed by atoms with Crippen LogP contribution in [0.5, 0.6) is 0 Å². The molecular weight excluding hydrogens is 280 g/mol. The fourth-order valence-corrected chi connectivity index (χ4v) is 3.23. The predicted octanol–water partition coefficient (Wildman–Crippen LogP) is 3.35. The van der Waals surface area contributed by atoms with Crippen molar-refractivity contribution in [2.24, 2.45) is 0 Å². The van der Waals surface area contributed by atoms with Gasteiger partial charge in [0.1, 0.15) is 11.0 Å². The Hall–Kier alpha value is -1.07. The van der Waals surface area contributed by atoms with E-state index in [1.165, 1.54) is 19.3 Å². The standard InChI is InChI=1S/C13H15ClN4S/c14-11-6-5-10(8-15-11)9-19-13-17-16-12-4-2-1-3-7-18(12)13/h5-6,8H,1-4,7,9H2. The third-order valence-corrected chi connectivity index (χ3v) is 4.49. The van der Waals surface area contributed by atoms with Crippen molar-refractivity contribution in [1.82, 2.24) is 19.7 Å². The molecule has 2 aromatic rings. The molecule has 1 aliphatic rings. The van der Waals surface area contributed by atoms with Crippen LogP contribution in [-0.2, 0) is 18.7 Å². The van der Waals surface area contributed by atoms with Crippen LogP contribution in [0, 0.1) is 0 Å². The third kappa shape index (κ3) is 3.09. The summed E-state index contributed by atoms with van der Waals surface area (Å²) in [4.78, 5) is 4.09. The van der Waals surface area contributed by atoms with E-state index in [1.807, 2.05) is 18.3 Å². The lowest BCUT2D eigenvalue weighted by Gasteiger charge is -2.06. The number of fused-ring (bicyclic) bond motifs is 1. The molecular formula is C13H15ClN4S. The minimum absolute atomic E-state index is 0.532. The fourth-order valence-electron chi connectivity index (χ4n) is 2.20. The summed E-state index contributed by atoms with van der Waals surface area (Å²) in [6, 6.07) is 3.82. The van der Waals surface area contributed by atoms with Gasteiger partial charge in [0.25, 0.3) is 0 Å². The normalized spacial score (nSPS) is 15.0. The molecule has 6 heteroatoms. The molecule has 100 valence electrons. The van der Waals surface area contributed by atoms with Gasteiger partial charge in [-0.3, -0.25) is 0 Å². The highest BCUT2D eigenvalue weighted by Gasteiger charge is 2.14. The molecule has 0 amide bonds. The Morgan fingerprint density at radius 1 is 1.21 bits per heavy atom. The van der Waals surface area contributed by atoms with E-state index in [4.69, 9.17) is 11.6 Å². The molecule has 0 unspecified atom stereocenters. The summed E-state index contributed by atoms with van der Waals surface area (Å²) < 4.78 is 2.26. The molecule has 0 bridgehead atoms. The van der Waals surface area contributed by atoms with Crippen molar-refractivity contribution < 1.29 is 0 Å². The van der Waals surface area contributed by atoms with Gasteiger partial charge in [0.05, 0.1) is 0 Å². The largest absolute Gasteiger partial charge is 0.306 e. The molecule has 4 nitrogen and oxygen atoms in total. The van der Waals surface area contributed by atoms with Crippen LogP contribution in [0.4, 0.5) is 0 Å². The van der Waals surface area contributed by atoms with Crippen LogP contribution in [-0.4, -0.2) is 19.7 Å². The van der Waals surface area contributed by atoms with Crippen LogP contribution in [0.3, 0.4) is 0 Å². The smallest absolute Gasteiger partial charge is 0.191 e. The van der Waals surface area contributed by atoms with Crippen molar-refractivity contribution in [2.45, 2.75) is 43.1 Å². The van der Waals surface area contributed by atoms with E-state index in [0.717, 1.165) is 35.3 Å². The van der Waals surface area contributed by atoms with Crippen LogP contribution in [0.1, 0.15) is 30.7 Å². The lowest BCUT2D eigenvalue weighted by Crippen LogP contribution is -2.02. The Bertz CT molecular complexity index is 552. The number of thioether (sulfide) groups is 1. The van der Waals surface area contributed by atoms with E-state index in [0.29, 0.717) is 5.15 Å². The minimum atomic E-state index is 0.532. The van der Waals surface area contributed by atoms with E-state index in [1.54, 1.807) is 11.8 Å². The highest BCUT2D eigenvalue weighted by molar-refractivity contribution is 7.98. The molecule has 0 atom stereocenters. The molecule has 19 heavy (non-hydrogen) atoms. The zero-order chi connectivity index (χ0) is 13.1. The van der Waals surface area contributed by atoms with Gasteiger partial charge < -0.3 is 4.57 Å². The molecule has 0 aromatic carbocycles. The van der Waals surface area contributed by atoms with Crippen molar-refractivity contribution >= 4 is 23.4 Å². The van der Waals surface area contributed by atoms with Gasteiger partial charge in [0.2, 0.25) is 0 Å². The van der Waals surface area contributed by atoms with Crippen molar-refractivity contribution in [3.05, 3.63) is 34.9 Å². The van der Waals surface area contributed by atoms with Gasteiger partial charge in [-0.15, -0.1) is 10.2 Å². The Balaban J connectivity index is 1.70. The van der Waals surface area contributed by atoms with Crippen LogP contribution in [0.25, 0.3) is 0 Å². The Morgan fingerprint density at radius 2 is 2.16 bits per heavy atom. The summed E-state index contributed by atoms with van der Waals surface area (Å²) in [6.45, 7) is 1.05. The maximum Gasteiger partial charge on any atom is 0.191 e. The highest BCUT2D eigenvalue weighted by Crippen LogP contribution is 2.24. The van der Waals surface area contributed by atoms with E-state index >= 15 is 0 Å². The maximum atomic E-state index is 5.78. The van der Waals surface area contributed by atoms with Gasteiger partial charge in [0, 0.05) is 24.9 Å². The second kappa shape index (κ2) is 5.92. The molecule has 0 saturated carbocycles. The lowest BCUT2D eigenvalue weighted by atomic mass is 10.2. The number of hydrogen-bond donors (Lipinski definition) is 0. The number of aryl methyl sites for hydroxylation is 1. The van der Waals surface area contributed by atoms with Gasteiger partial charge in [-0.1, -0.05) is 35.9 Å². The molecule has 0 saturated heterocycles. The molecule has 0 fully saturated rings. The lowest BCUT2D eigenvalue weighted by molar-refractivity contribution is 0.591. The molecule has 0 spiro atoms. The van der Waals surface area contributed by atoms with E-state index < -0.39 is 0 Å². The van der Waals surface area contributed by atoms with Gasteiger partial charge in [0.15, 0.2) is 5.16 Å². The molecule has 3 heterocycles. The first kappa shape index (κ1) is 12.9. The first-order valence-corrected chi connectivity index (χ1v) is 7.84. The number of halogens is 1. The zero-order valence-electron chi connectivity index (χ0n) is 10.5. The van der Waals surface area contributed by atoms with Crippen LogP contribution < -0.4 is 0 Å². The minimum Gasteiger partial charge on any atom is -0.306 e. The summed E-state index contributed by atoms with van der Waals surface area (Å²) in [5.74, 6) is 1.98. The summed E-state index contributed by atoms with van der Waals surface area (Å²) in [5.41, 5.74) is 1.15. The number of nitrogens with zero attached hydrogens (tertiary/aromatic N) is 4. The SMILES string of the molecule is Clc1ccc(CSc2nnc3n2CCCCC3)cn1. The molecule has 3 rings (SSSR count). The Kier molecular flexibility index (Phi) is 4.03. The number of hydrogen-bond acceptors (Lipinski definition) is 4. The first-order valence-electron chi connectivity index (χ1n) is 6.48. The quantitative estimate of drug-likeness (QED) is 0.643. The van der Waals surface area contributed by atoms with Gasteiger partial charge in [-0.25, -0.2) is 4.98 Å². The third-order valence-electron chi connectivity index (χ3n) is 3.23. The monoisotopic (exact) mass is 294 g/mol. The van der Waals surface area contributed by atoms with E-state index in [2.05, 4.69) is 19.7 Å². The maximum absolute atomic E-state index is 5.78. The molecule has 1 aliphatic heterocycles. The number of rotatable bonds is 3. The molecule has 0 aliphatic carbocycles.